The average molecular weight is 234 g/mol. The van der Waals surface area contributed by atoms with E-state index in [0.29, 0.717) is 11.3 Å². The predicted octanol–water partition coefficient (Wildman–Crippen LogP) is 3.27. The molecule has 0 amide bonds. The van der Waals surface area contributed by atoms with Gasteiger partial charge in [0.1, 0.15) is 11.3 Å². The Morgan fingerprint density at radius 3 is 2.35 bits per heavy atom. The van der Waals surface area contributed by atoms with Crippen LogP contribution >= 0.6 is 0 Å². The van der Waals surface area contributed by atoms with Crippen molar-refractivity contribution in [1.82, 2.24) is 0 Å². The Kier molecular flexibility index (Phi) is 2.45. The van der Waals surface area contributed by atoms with Crippen molar-refractivity contribution < 1.29 is 14.3 Å². The molecule has 1 aromatic carbocycles. The quantitative estimate of drug-likeness (QED) is 0.646. The molecule has 0 N–H and O–H groups in total. The molecule has 0 fully saturated rings. The molecule has 3 nitrogen and oxygen atoms in total. The monoisotopic (exact) mass is 234 g/mol. The third kappa shape index (κ3) is 2.28. The molecule has 2 rings (SSSR count). The van der Waals surface area contributed by atoms with Gasteiger partial charge in [-0.15, -0.1) is 0 Å². The maximum atomic E-state index is 11.9. The molecule has 0 aromatic heterocycles. The minimum atomic E-state index is -0.882. The summed E-state index contributed by atoms with van der Waals surface area (Å²) >= 11 is 0. The zero-order valence-corrected chi connectivity index (χ0v) is 11.0. The Balaban J connectivity index is 2.48. The summed E-state index contributed by atoms with van der Waals surface area (Å²) in [7, 11) is 0. The molecule has 0 saturated carbocycles. The topological polar surface area (TPSA) is 35.5 Å². The third-order valence-electron chi connectivity index (χ3n) is 2.76. The first-order valence-electron chi connectivity index (χ1n) is 5.76. The Bertz CT molecular complexity index is 467. The van der Waals surface area contributed by atoms with Crippen LogP contribution in [0.5, 0.6) is 5.75 Å². The van der Waals surface area contributed by atoms with Crippen molar-refractivity contribution in [2.75, 3.05) is 0 Å². The molecule has 0 radical (unpaired) electrons. The summed E-state index contributed by atoms with van der Waals surface area (Å²) in [6.07, 6.45) is 0. The number of carbonyl (C=O) groups excluding carboxylic acids is 1. The Hall–Kier alpha value is -1.51. The fraction of sp³-hybridized carbons (Fsp3) is 0.500. The van der Waals surface area contributed by atoms with Crippen molar-refractivity contribution in [2.24, 2.45) is 0 Å². The van der Waals surface area contributed by atoms with E-state index in [1.165, 1.54) is 0 Å². The summed E-state index contributed by atoms with van der Waals surface area (Å²) < 4.78 is 10.8. The molecule has 0 atom stereocenters. The number of cyclic esters (lactones) is 1. The second kappa shape index (κ2) is 3.49. The van der Waals surface area contributed by atoms with Gasteiger partial charge in [-0.2, -0.15) is 0 Å². The van der Waals surface area contributed by atoms with Crippen molar-refractivity contribution >= 4 is 5.97 Å². The van der Waals surface area contributed by atoms with Crippen molar-refractivity contribution in [2.45, 2.75) is 45.8 Å². The van der Waals surface area contributed by atoms with Gasteiger partial charge < -0.3 is 9.47 Å². The number of ether oxygens (including phenoxy) is 2. The molecule has 1 aliphatic rings. The zero-order chi connectivity index (χ0) is 12.8. The van der Waals surface area contributed by atoms with E-state index in [-0.39, 0.29) is 11.4 Å². The van der Waals surface area contributed by atoms with Crippen LogP contribution in [0.15, 0.2) is 18.2 Å². The Morgan fingerprint density at radius 1 is 1.12 bits per heavy atom. The van der Waals surface area contributed by atoms with Crippen LogP contribution in [0, 0.1) is 0 Å². The Morgan fingerprint density at radius 2 is 1.76 bits per heavy atom. The standard InChI is InChI=1S/C14H18O3/c1-13(2,3)9-6-7-11-10(8-9)12(15)17-14(4,5)16-11/h6-8H,1-5H3. The van der Waals surface area contributed by atoms with Crippen LogP contribution in [-0.2, 0) is 10.2 Å². The van der Waals surface area contributed by atoms with Gasteiger partial charge in [0.2, 0.25) is 5.79 Å². The summed E-state index contributed by atoms with van der Waals surface area (Å²) in [6, 6.07) is 5.69. The normalized spacial score (nSPS) is 18.1. The highest BCUT2D eigenvalue weighted by Crippen LogP contribution is 2.34. The van der Waals surface area contributed by atoms with Crippen LogP contribution < -0.4 is 4.74 Å². The van der Waals surface area contributed by atoms with E-state index in [9.17, 15) is 4.79 Å². The SMILES string of the molecule is CC1(C)OC(=O)c2cc(C(C)(C)C)ccc2O1. The average Bonchev–Trinajstić information content (AvgIpc) is 2.13. The van der Waals surface area contributed by atoms with Crippen LogP contribution in [0.4, 0.5) is 0 Å². The summed E-state index contributed by atoms with van der Waals surface area (Å²) in [4.78, 5) is 11.9. The third-order valence-corrected chi connectivity index (χ3v) is 2.76. The lowest BCUT2D eigenvalue weighted by atomic mass is 9.86. The second-order valence-electron chi connectivity index (χ2n) is 5.85. The van der Waals surface area contributed by atoms with Gasteiger partial charge in [-0.1, -0.05) is 26.8 Å². The van der Waals surface area contributed by atoms with Gasteiger partial charge in [0.15, 0.2) is 0 Å². The molecule has 0 saturated heterocycles. The van der Waals surface area contributed by atoms with E-state index >= 15 is 0 Å². The molecule has 0 spiro atoms. The first kappa shape index (κ1) is 12.0. The lowest BCUT2D eigenvalue weighted by Crippen LogP contribution is -2.39. The van der Waals surface area contributed by atoms with Gasteiger partial charge in [0.05, 0.1) is 0 Å². The molecule has 3 heteroatoms. The minimum Gasteiger partial charge on any atom is -0.452 e. The highest BCUT2D eigenvalue weighted by Gasteiger charge is 2.34. The highest BCUT2D eigenvalue weighted by molar-refractivity contribution is 5.93. The number of fused-ring (bicyclic) bond motifs is 1. The van der Waals surface area contributed by atoms with E-state index in [0.717, 1.165) is 5.56 Å². The van der Waals surface area contributed by atoms with Gasteiger partial charge in [-0.05, 0) is 23.1 Å². The Labute approximate surface area is 102 Å². The number of carbonyl (C=O) groups is 1. The largest absolute Gasteiger partial charge is 0.452 e. The molecule has 1 aliphatic heterocycles. The number of hydrogen-bond donors (Lipinski definition) is 0. The van der Waals surface area contributed by atoms with Gasteiger partial charge >= 0.3 is 5.97 Å². The number of hydrogen-bond acceptors (Lipinski definition) is 3. The van der Waals surface area contributed by atoms with Crippen molar-refractivity contribution in [1.29, 1.82) is 0 Å². The minimum absolute atomic E-state index is 0.00226. The number of rotatable bonds is 0. The first-order chi connectivity index (χ1) is 7.69. The van der Waals surface area contributed by atoms with Crippen LogP contribution in [0.1, 0.15) is 50.5 Å². The molecule has 1 aromatic rings. The van der Waals surface area contributed by atoms with Crippen LogP contribution in [0.3, 0.4) is 0 Å². The van der Waals surface area contributed by atoms with Crippen LogP contribution in [0.25, 0.3) is 0 Å². The van der Waals surface area contributed by atoms with Crippen LogP contribution in [-0.4, -0.2) is 11.8 Å². The molecule has 0 unspecified atom stereocenters. The second-order valence-corrected chi connectivity index (χ2v) is 5.85. The molecule has 92 valence electrons. The number of esters is 1. The van der Waals surface area contributed by atoms with Gasteiger partial charge in [0.25, 0.3) is 0 Å². The van der Waals surface area contributed by atoms with E-state index in [2.05, 4.69) is 20.8 Å². The van der Waals surface area contributed by atoms with Crippen molar-refractivity contribution in [3.63, 3.8) is 0 Å². The lowest BCUT2D eigenvalue weighted by Gasteiger charge is -2.32. The van der Waals surface area contributed by atoms with Crippen molar-refractivity contribution in [3.05, 3.63) is 29.3 Å². The summed E-state index contributed by atoms with van der Waals surface area (Å²) in [6.45, 7) is 9.77. The van der Waals surface area contributed by atoms with E-state index in [4.69, 9.17) is 9.47 Å². The van der Waals surface area contributed by atoms with Crippen molar-refractivity contribution in [3.8, 4) is 5.75 Å². The molecule has 17 heavy (non-hydrogen) atoms. The van der Waals surface area contributed by atoms with Crippen LogP contribution in [0.2, 0.25) is 0 Å². The van der Waals surface area contributed by atoms with E-state index in [1.807, 2.05) is 18.2 Å². The molecular formula is C14H18O3. The zero-order valence-electron chi connectivity index (χ0n) is 11.0. The smallest absolute Gasteiger partial charge is 0.345 e. The predicted molar refractivity (Wildman–Crippen MR) is 65.3 cm³/mol. The molecule has 0 aliphatic carbocycles. The highest BCUT2D eigenvalue weighted by atomic mass is 16.7. The maximum absolute atomic E-state index is 11.9. The molecule has 1 heterocycles. The van der Waals surface area contributed by atoms with Gasteiger partial charge in [-0.25, -0.2) is 4.79 Å². The first-order valence-corrected chi connectivity index (χ1v) is 5.76. The van der Waals surface area contributed by atoms with E-state index in [1.54, 1.807) is 13.8 Å². The van der Waals surface area contributed by atoms with Gasteiger partial charge in [0, 0.05) is 13.8 Å². The molecular weight excluding hydrogens is 216 g/mol. The summed E-state index contributed by atoms with van der Waals surface area (Å²) in [5, 5.41) is 0. The summed E-state index contributed by atoms with van der Waals surface area (Å²) in [5.41, 5.74) is 1.61. The molecule has 0 bridgehead atoms. The number of benzene rings is 1. The van der Waals surface area contributed by atoms with E-state index < -0.39 is 5.79 Å². The van der Waals surface area contributed by atoms with Gasteiger partial charge in [-0.3, -0.25) is 0 Å². The lowest BCUT2D eigenvalue weighted by molar-refractivity contribution is -0.127. The fourth-order valence-corrected chi connectivity index (χ4v) is 1.81. The fourth-order valence-electron chi connectivity index (χ4n) is 1.81. The maximum Gasteiger partial charge on any atom is 0.345 e. The summed E-state index contributed by atoms with van der Waals surface area (Å²) in [5.74, 6) is -0.602.